The summed E-state index contributed by atoms with van der Waals surface area (Å²) in [5.41, 5.74) is 9.11. The maximum Gasteiger partial charge on any atom is -0.0235 e. The summed E-state index contributed by atoms with van der Waals surface area (Å²) in [6.45, 7) is 0. The van der Waals surface area contributed by atoms with Crippen molar-refractivity contribution in [3.8, 4) is 0 Å². The van der Waals surface area contributed by atoms with Gasteiger partial charge in [-0.25, -0.2) is 0 Å². The van der Waals surface area contributed by atoms with Gasteiger partial charge in [-0.15, -0.1) is 0 Å². The molecule has 1 aliphatic carbocycles. The molecule has 0 aliphatic heterocycles. The zero-order valence-corrected chi connectivity index (χ0v) is 14.2. The SMILES string of the molecule is c1ccc2c(c1)CCc1ccccc1CCc1ccccc1CC2. The number of benzene rings is 3. The van der Waals surface area contributed by atoms with Gasteiger partial charge >= 0.3 is 0 Å². The first-order valence-corrected chi connectivity index (χ1v) is 9.10. The van der Waals surface area contributed by atoms with Crippen molar-refractivity contribution in [2.75, 3.05) is 0 Å². The van der Waals surface area contributed by atoms with E-state index in [0.29, 0.717) is 0 Å². The molecule has 4 rings (SSSR count). The smallest absolute Gasteiger partial charge is 0.0235 e. The molecule has 1 aliphatic rings. The van der Waals surface area contributed by atoms with Crippen LogP contribution in [-0.2, 0) is 38.5 Å². The van der Waals surface area contributed by atoms with Gasteiger partial charge in [0.05, 0.1) is 0 Å². The largest absolute Gasteiger partial charge is 0.0620 e. The van der Waals surface area contributed by atoms with Crippen molar-refractivity contribution in [3.05, 3.63) is 106 Å². The Bertz CT molecular complexity index is 647. The van der Waals surface area contributed by atoms with Gasteiger partial charge in [-0.2, -0.15) is 0 Å². The fraction of sp³-hybridized carbons (Fsp3) is 0.250. The highest BCUT2D eigenvalue weighted by Gasteiger charge is 2.10. The molecule has 0 spiro atoms. The summed E-state index contributed by atoms with van der Waals surface area (Å²) in [5, 5.41) is 0. The molecule has 0 saturated carbocycles. The topological polar surface area (TPSA) is 0 Å². The molecule has 0 N–H and O–H groups in total. The van der Waals surface area contributed by atoms with Gasteiger partial charge in [0.2, 0.25) is 0 Å². The van der Waals surface area contributed by atoms with Crippen molar-refractivity contribution in [2.45, 2.75) is 38.5 Å². The highest BCUT2D eigenvalue weighted by molar-refractivity contribution is 5.35. The van der Waals surface area contributed by atoms with Crippen molar-refractivity contribution in [2.24, 2.45) is 0 Å². The van der Waals surface area contributed by atoms with Crippen molar-refractivity contribution in [1.82, 2.24) is 0 Å². The predicted molar refractivity (Wildman–Crippen MR) is 102 cm³/mol. The minimum atomic E-state index is 1.15. The fourth-order valence-electron chi connectivity index (χ4n) is 3.94. The maximum atomic E-state index is 2.32. The van der Waals surface area contributed by atoms with E-state index in [0.717, 1.165) is 38.5 Å². The van der Waals surface area contributed by atoms with Crippen LogP contribution >= 0.6 is 0 Å². The van der Waals surface area contributed by atoms with Gasteiger partial charge in [-0.3, -0.25) is 0 Å². The van der Waals surface area contributed by atoms with E-state index >= 15 is 0 Å². The van der Waals surface area contributed by atoms with Gasteiger partial charge in [0.15, 0.2) is 0 Å². The van der Waals surface area contributed by atoms with E-state index in [9.17, 15) is 0 Å². The van der Waals surface area contributed by atoms with Gasteiger partial charge < -0.3 is 0 Å². The quantitative estimate of drug-likeness (QED) is 0.524. The third kappa shape index (κ3) is 3.28. The second kappa shape index (κ2) is 7.05. The second-order valence-corrected chi connectivity index (χ2v) is 6.81. The van der Waals surface area contributed by atoms with Crippen LogP contribution in [0.4, 0.5) is 0 Å². The molecule has 0 amide bonds. The zero-order chi connectivity index (χ0) is 16.2. The van der Waals surface area contributed by atoms with E-state index in [-0.39, 0.29) is 0 Å². The van der Waals surface area contributed by atoms with Crippen molar-refractivity contribution in [3.63, 3.8) is 0 Å². The van der Waals surface area contributed by atoms with Crippen LogP contribution in [0.15, 0.2) is 72.8 Å². The normalized spacial score (nSPS) is 14.5. The summed E-state index contributed by atoms with van der Waals surface area (Å²) in [5.74, 6) is 0. The Labute approximate surface area is 145 Å². The maximum absolute atomic E-state index is 2.32. The Morgan fingerprint density at radius 2 is 0.458 bits per heavy atom. The van der Waals surface area contributed by atoms with E-state index < -0.39 is 0 Å². The molecule has 0 heteroatoms. The molecule has 0 nitrogen and oxygen atoms in total. The van der Waals surface area contributed by atoms with Crippen LogP contribution in [0.5, 0.6) is 0 Å². The summed E-state index contributed by atoms with van der Waals surface area (Å²) in [6, 6.07) is 27.0. The van der Waals surface area contributed by atoms with E-state index in [2.05, 4.69) is 72.8 Å². The summed E-state index contributed by atoms with van der Waals surface area (Å²) in [6.07, 6.45) is 6.89. The van der Waals surface area contributed by atoms with Crippen LogP contribution in [-0.4, -0.2) is 0 Å². The van der Waals surface area contributed by atoms with Crippen LogP contribution in [0, 0.1) is 0 Å². The molecular weight excluding hydrogens is 288 g/mol. The number of fused-ring (bicyclic) bond motifs is 3. The first-order chi connectivity index (χ1) is 11.9. The first-order valence-electron chi connectivity index (χ1n) is 9.10. The van der Waals surface area contributed by atoms with Gasteiger partial charge in [0.1, 0.15) is 0 Å². The predicted octanol–water partition coefficient (Wildman–Crippen LogP) is 5.36. The molecule has 24 heavy (non-hydrogen) atoms. The number of hydrogen-bond donors (Lipinski definition) is 0. The highest BCUT2D eigenvalue weighted by atomic mass is 14.2. The molecule has 0 unspecified atom stereocenters. The minimum Gasteiger partial charge on any atom is -0.0620 e. The third-order valence-corrected chi connectivity index (χ3v) is 5.35. The summed E-state index contributed by atoms with van der Waals surface area (Å²) in [7, 11) is 0. The Hall–Kier alpha value is -2.34. The Morgan fingerprint density at radius 1 is 0.292 bits per heavy atom. The Morgan fingerprint density at radius 3 is 0.625 bits per heavy atom. The van der Waals surface area contributed by atoms with Crippen LogP contribution in [0.2, 0.25) is 0 Å². The van der Waals surface area contributed by atoms with Gasteiger partial charge in [0, 0.05) is 0 Å². The van der Waals surface area contributed by atoms with Crippen molar-refractivity contribution >= 4 is 0 Å². The van der Waals surface area contributed by atoms with Crippen LogP contribution < -0.4 is 0 Å². The average Bonchev–Trinajstić information content (AvgIpc) is 2.64. The number of aryl methyl sites for hydroxylation is 6. The molecule has 0 bridgehead atoms. The van der Waals surface area contributed by atoms with Crippen LogP contribution in [0.1, 0.15) is 33.4 Å². The summed E-state index contributed by atoms with van der Waals surface area (Å²) < 4.78 is 0. The van der Waals surface area contributed by atoms with Gasteiger partial charge in [-0.05, 0) is 71.9 Å². The molecule has 3 aromatic rings. The van der Waals surface area contributed by atoms with Gasteiger partial charge in [-0.1, -0.05) is 72.8 Å². The lowest BCUT2D eigenvalue weighted by molar-refractivity contribution is 0.839. The van der Waals surface area contributed by atoms with Crippen molar-refractivity contribution in [1.29, 1.82) is 0 Å². The molecule has 3 aromatic carbocycles. The lowest BCUT2D eigenvalue weighted by atomic mass is 9.89. The molecule has 0 fully saturated rings. The summed E-state index contributed by atoms with van der Waals surface area (Å²) >= 11 is 0. The van der Waals surface area contributed by atoms with Crippen LogP contribution in [0.25, 0.3) is 0 Å². The van der Waals surface area contributed by atoms with Gasteiger partial charge in [0.25, 0.3) is 0 Å². The zero-order valence-electron chi connectivity index (χ0n) is 14.2. The fourth-order valence-corrected chi connectivity index (χ4v) is 3.94. The third-order valence-electron chi connectivity index (χ3n) is 5.35. The van der Waals surface area contributed by atoms with Crippen molar-refractivity contribution < 1.29 is 0 Å². The average molecular weight is 312 g/mol. The molecule has 0 radical (unpaired) electrons. The molecular formula is C24H24. The van der Waals surface area contributed by atoms with E-state index in [1.54, 1.807) is 0 Å². The van der Waals surface area contributed by atoms with Crippen LogP contribution in [0.3, 0.4) is 0 Å². The lowest BCUT2D eigenvalue weighted by Gasteiger charge is -2.16. The van der Waals surface area contributed by atoms with E-state index in [1.165, 1.54) is 33.4 Å². The minimum absolute atomic E-state index is 1.15. The number of hydrogen-bond acceptors (Lipinski definition) is 0. The Balaban J connectivity index is 1.75. The number of rotatable bonds is 0. The van der Waals surface area contributed by atoms with E-state index in [4.69, 9.17) is 0 Å². The molecule has 0 saturated heterocycles. The Kier molecular flexibility index (Phi) is 4.46. The first kappa shape index (κ1) is 15.2. The lowest BCUT2D eigenvalue weighted by Crippen LogP contribution is -2.06. The summed E-state index contributed by atoms with van der Waals surface area (Å²) in [4.78, 5) is 0. The van der Waals surface area contributed by atoms with E-state index in [1.807, 2.05) is 0 Å². The molecule has 0 atom stereocenters. The molecule has 120 valence electrons. The molecule has 0 heterocycles. The second-order valence-electron chi connectivity index (χ2n) is 6.81. The standard InChI is InChI=1S/C24H24/c1-2-8-20-15-16-22-10-5-6-12-24(22)18-17-23-11-4-3-9-21(23)14-13-19(20)7-1/h1-12H,13-18H2. The highest BCUT2D eigenvalue weighted by Crippen LogP contribution is 2.22. The monoisotopic (exact) mass is 312 g/mol. The molecule has 0 aromatic heterocycles.